The van der Waals surface area contributed by atoms with Crippen LogP contribution in [0.25, 0.3) is 0 Å². The summed E-state index contributed by atoms with van der Waals surface area (Å²) < 4.78 is 10.6. The Hall–Kier alpha value is -0.810. The monoisotopic (exact) mass is 398 g/mol. The number of hydrogen-bond acceptors (Lipinski definition) is 4. The van der Waals surface area contributed by atoms with Gasteiger partial charge in [-0.05, 0) is 6.42 Å². The second kappa shape index (κ2) is 19.5. The molecular formula is C23H46N2O3. The Morgan fingerprint density at radius 2 is 1.32 bits per heavy atom. The van der Waals surface area contributed by atoms with Crippen molar-refractivity contribution in [1.82, 2.24) is 10.2 Å². The minimum Gasteiger partial charge on any atom is -0.450 e. The van der Waals surface area contributed by atoms with Crippen molar-refractivity contribution in [2.75, 3.05) is 46.0 Å². The summed E-state index contributed by atoms with van der Waals surface area (Å²) in [5.41, 5.74) is 0. The fourth-order valence-corrected chi connectivity index (χ4v) is 3.65. The van der Waals surface area contributed by atoms with E-state index in [1.807, 2.05) is 0 Å². The predicted molar refractivity (Wildman–Crippen MR) is 117 cm³/mol. The second-order valence-electron chi connectivity index (χ2n) is 8.11. The molecule has 28 heavy (non-hydrogen) atoms. The van der Waals surface area contributed by atoms with E-state index in [4.69, 9.17) is 9.47 Å². The third kappa shape index (κ3) is 16.2. The minimum absolute atomic E-state index is 0.275. The lowest BCUT2D eigenvalue weighted by Crippen LogP contribution is -2.41. The summed E-state index contributed by atoms with van der Waals surface area (Å²) in [7, 11) is 0. The lowest BCUT2D eigenvalue weighted by molar-refractivity contribution is 0.0383. The van der Waals surface area contributed by atoms with E-state index >= 15 is 0 Å². The van der Waals surface area contributed by atoms with Gasteiger partial charge in [-0.25, -0.2) is 4.79 Å². The van der Waals surface area contributed by atoms with Crippen LogP contribution >= 0.6 is 0 Å². The first-order valence-electron chi connectivity index (χ1n) is 12.0. The highest BCUT2D eigenvalue weighted by Crippen LogP contribution is 2.12. The topological polar surface area (TPSA) is 50.8 Å². The van der Waals surface area contributed by atoms with Gasteiger partial charge in [0.2, 0.25) is 0 Å². The molecule has 0 aromatic carbocycles. The molecule has 1 heterocycles. The molecule has 5 heteroatoms. The van der Waals surface area contributed by atoms with Crippen molar-refractivity contribution in [3.8, 4) is 0 Å². The Morgan fingerprint density at radius 1 is 0.821 bits per heavy atom. The van der Waals surface area contributed by atoms with Crippen LogP contribution < -0.4 is 5.32 Å². The summed E-state index contributed by atoms with van der Waals surface area (Å²) in [6.45, 7) is 7.84. The van der Waals surface area contributed by atoms with E-state index in [0.717, 1.165) is 39.3 Å². The van der Waals surface area contributed by atoms with Crippen molar-refractivity contribution >= 4 is 6.09 Å². The van der Waals surface area contributed by atoms with Crippen LogP contribution in [0.4, 0.5) is 4.79 Å². The van der Waals surface area contributed by atoms with Crippen LogP contribution in [0.1, 0.15) is 96.8 Å². The Labute approximate surface area is 173 Å². The smallest absolute Gasteiger partial charge is 0.407 e. The molecule has 0 spiro atoms. The number of hydrogen-bond donors (Lipinski definition) is 1. The molecule has 0 radical (unpaired) electrons. The summed E-state index contributed by atoms with van der Waals surface area (Å²) in [5.74, 6) is 0. The van der Waals surface area contributed by atoms with Crippen molar-refractivity contribution in [2.45, 2.75) is 96.8 Å². The van der Waals surface area contributed by atoms with Crippen LogP contribution in [-0.4, -0.2) is 57.0 Å². The molecule has 1 aliphatic rings. The van der Waals surface area contributed by atoms with Gasteiger partial charge < -0.3 is 14.8 Å². The molecule has 1 N–H and O–H groups in total. The Kier molecular flexibility index (Phi) is 17.6. The van der Waals surface area contributed by atoms with Crippen molar-refractivity contribution in [2.24, 2.45) is 0 Å². The van der Waals surface area contributed by atoms with Gasteiger partial charge in [0.15, 0.2) is 0 Å². The van der Waals surface area contributed by atoms with Gasteiger partial charge in [0.1, 0.15) is 0 Å². The molecule has 1 amide bonds. The summed E-state index contributed by atoms with van der Waals surface area (Å²) in [6, 6.07) is 0. The molecular weight excluding hydrogens is 352 g/mol. The Morgan fingerprint density at radius 3 is 1.86 bits per heavy atom. The van der Waals surface area contributed by atoms with Crippen molar-refractivity contribution in [3.05, 3.63) is 0 Å². The quantitative estimate of drug-likeness (QED) is 0.309. The second-order valence-corrected chi connectivity index (χ2v) is 8.11. The SMILES string of the molecule is CCCCCCCCCCCCCCCCOC(=O)NCCN1CCOCC1. The predicted octanol–water partition coefficient (Wildman–Crippen LogP) is 5.53. The molecule has 0 aromatic heterocycles. The summed E-state index contributed by atoms with van der Waals surface area (Å²) in [5, 5.41) is 2.84. The Bertz CT molecular complexity index is 347. The van der Waals surface area contributed by atoms with Crippen molar-refractivity contribution < 1.29 is 14.3 Å². The third-order valence-electron chi connectivity index (χ3n) is 5.53. The van der Waals surface area contributed by atoms with Gasteiger partial charge in [-0.15, -0.1) is 0 Å². The highest BCUT2D eigenvalue weighted by molar-refractivity contribution is 5.67. The number of nitrogens with zero attached hydrogens (tertiary/aromatic N) is 1. The highest BCUT2D eigenvalue weighted by Gasteiger charge is 2.10. The van der Waals surface area contributed by atoms with Gasteiger partial charge in [-0.2, -0.15) is 0 Å². The van der Waals surface area contributed by atoms with Gasteiger partial charge in [-0.3, -0.25) is 4.90 Å². The maximum atomic E-state index is 11.6. The van der Waals surface area contributed by atoms with E-state index in [-0.39, 0.29) is 6.09 Å². The molecule has 0 aliphatic carbocycles. The average molecular weight is 399 g/mol. The van der Waals surface area contributed by atoms with Crippen molar-refractivity contribution in [3.63, 3.8) is 0 Å². The molecule has 0 unspecified atom stereocenters. The zero-order chi connectivity index (χ0) is 20.1. The zero-order valence-corrected chi connectivity index (χ0v) is 18.5. The van der Waals surface area contributed by atoms with E-state index in [1.165, 1.54) is 83.5 Å². The first-order chi connectivity index (χ1) is 13.8. The zero-order valence-electron chi connectivity index (χ0n) is 18.5. The van der Waals surface area contributed by atoms with Crippen molar-refractivity contribution in [1.29, 1.82) is 0 Å². The summed E-state index contributed by atoms with van der Waals surface area (Å²) in [4.78, 5) is 13.9. The van der Waals surface area contributed by atoms with E-state index < -0.39 is 0 Å². The summed E-state index contributed by atoms with van der Waals surface area (Å²) >= 11 is 0. The first-order valence-corrected chi connectivity index (χ1v) is 12.0. The van der Waals surface area contributed by atoms with Crippen LogP contribution in [-0.2, 0) is 9.47 Å². The minimum atomic E-state index is -0.275. The van der Waals surface area contributed by atoms with E-state index in [2.05, 4.69) is 17.1 Å². The van der Waals surface area contributed by atoms with Crippen LogP contribution in [0, 0.1) is 0 Å². The molecule has 166 valence electrons. The van der Waals surface area contributed by atoms with E-state index in [0.29, 0.717) is 13.2 Å². The molecule has 0 aromatic rings. The number of ether oxygens (including phenoxy) is 2. The van der Waals surface area contributed by atoms with Gasteiger partial charge in [0.25, 0.3) is 0 Å². The average Bonchev–Trinajstić information content (AvgIpc) is 2.71. The molecule has 1 aliphatic heterocycles. The van der Waals surface area contributed by atoms with Gasteiger partial charge in [-0.1, -0.05) is 90.4 Å². The fourth-order valence-electron chi connectivity index (χ4n) is 3.65. The fraction of sp³-hybridized carbons (Fsp3) is 0.957. The normalized spacial score (nSPS) is 14.9. The lowest BCUT2D eigenvalue weighted by atomic mass is 10.0. The number of carbonyl (C=O) groups excluding carboxylic acids is 1. The number of rotatable bonds is 18. The largest absolute Gasteiger partial charge is 0.450 e. The number of nitrogens with one attached hydrogen (secondary N) is 1. The van der Waals surface area contributed by atoms with Gasteiger partial charge >= 0.3 is 6.09 Å². The van der Waals surface area contributed by atoms with E-state index in [9.17, 15) is 4.79 Å². The molecule has 0 atom stereocenters. The number of morpholine rings is 1. The molecule has 5 nitrogen and oxygen atoms in total. The Balaban J connectivity index is 1.72. The van der Waals surface area contributed by atoms with E-state index in [1.54, 1.807) is 0 Å². The number of unbranched alkanes of at least 4 members (excludes halogenated alkanes) is 13. The third-order valence-corrected chi connectivity index (χ3v) is 5.53. The molecule has 1 rings (SSSR count). The van der Waals surface area contributed by atoms with Crippen LogP contribution in [0.3, 0.4) is 0 Å². The number of amides is 1. The standard InChI is InChI=1S/C23H46N2O3/c1-2-3-4-5-6-7-8-9-10-11-12-13-14-15-20-28-23(26)24-16-17-25-18-21-27-22-19-25/h2-22H2,1H3,(H,24,26). The van der Waals surface area contributed by atoms with Crippen LogP contribution in [0.2, 0.25) is 0 Å². The molecule has 0 bridgehead atoms. The molecule has 1 fully saturated rings. The molecule has 1 saturated heterocycles. The van der Waals surface area contributed by atoms with Crippen LogP contribution in [0.5, 0.6) is 0 Å². The summed E-state index contributed by atoms with van der Waals surface area (Å²) in [6.07, 6.45) is 18.5. The highest BCUT2D eigenvalue weighted by atomic mass is 16.5. The maximum absolute atomic E-state index is 11.6. The number of alkyl carbamates (subject to hydrolysis) is 1. The first kappa shape index (κ1) is 25.2. The van der Waals surface area contributed by atoms with Gasteiger partial charge in [0, 0.05) is 26.2 Å². The maximum Gasteiger partial charge on any atom is 0.407 e. The van der Waals surface area contributed by atoms with Gasteiger partial charge in [0.05, 0.1) is 19.8 Å². The lowest BCUT2D eigenvalue weighted by Gasteiger charge is -2.26. The molecule has 0 saturated carbocycles. The van der Waals surface area contributed by atoms with Crippen LogP contribution in [0.15, 0.2) is 0 Å². The number of carbonyl (C=O) groups is 1.